The molecule has 2 aromatic carbocycles. The molecule has 0 aliphatic carbocycles. The van der Waals surface area contributed by atoms with E-state index in [2.05, 4.69) is 0 Å². The lowest BCUT2D eigenvalue weighted by atomic mass is 10.1. The van der Waals surface area contributed by atoms with E-state index in [1.165, 1.54) is 0 Å². The summed E-state index contributed by atoms with van der Waals surface area (Å²) < 4.78 is 16.4. The summed E-state index contributed by atoms with van der Waals surface area (Å²) in [6.45, 7) is 4.21. The van der Waals surface area contributed by atoms with Gasteiger partial charge in [0.1, 0.15) is 11.3 Å². The molecule has 0 atom stereocenters. The maximum atomic E-state index is 12.5. The Labute approximate surface area is 134 Å². The minimum Gasteiger partial charge on any atom is -0.449 e. The second kappa shape index (κ2) is 6.26. The van der Waals surface area contributed by atoms with Gasteiger partial charge in [0.15, 0.2) is 0 Å². The van der Waals surface area contributed by atoms with Crippen LogP contribution in [0.3, 0.4) is 0 Å². The third kappa shape index (κ3) is 3.12. The van der Waals surface area contributed by atoms with Crippen molar-refractivity contribution in [2.24, 2.45) is 0 Å². The molecule has 0 aliphatic heterocycles. The Morgan fingerprint density at radius 3 is 2.48 bits per heavy atom. The number of fused-ring (bicyclic) bond motifs is 1. The number of esters is 1. The normalized spacial score (nSPS) is 10.9. The summed E-state index contributed by atoms with van der Waals surface area (Å²) >= 11 is 0. The summed E-state index contributed by atoms with van der Waals surface area (Å²) in [6.07, 6.45) is 0. The van der Waals surface area contributed by atoms with Crippen molar-refractivity contribution in [2.45, 2.75) is 20.5 Å². The number of furan rings is 1. The van der Waals surface area contributed by atoms with Gasteiger partial charge in [0, 0.05) is 18.1 Å². The molecule has 1 aromatic heterocycles. The Hall–Kier alpha value is -2.59. The van der Waals surface area contributed by atoms with E-state index < -0.39 is 5.97 Å². The zero-order chi connectivity index (χ0) is 16.4. The van der Waals surface area contributed by atoms with E-state index in [1.807, 2.05) is 56.3 Å². The minimum atomic E-state index is -0.516. The van der Waals surface area contributed by atoms with Gasteiger partial charge in [-0.2, -0.15) is 0 Å². The Morgan fingerprint density at radius 2 is 1.78 bits per heavy atom. The van der Waals surface area contributed by atoms with Gasteiger partial charge >= 0.3 is 5.97 Å². The third-order valence-corrected chi connectivity index (χ3v) is 3.58. The summed E-state index contributed by atoms with van der Waals surface area (Å²) in [5.74, 6) is 0.182. The average Bonchev–Trinajstić information content (AvgIpc) is 2.86. The van der Waals surface area contributed by atoms with Crippen LogP contribution in [0.4, 0.5) is 0 Å². The topological polar surface area (TPSA) is 48.7 Å². The molecule has 3 rings (SSSR count). The van der Waals surface area contributed by atoms with Gasteiger partial charge in [0.25, 0.3) is 0 Å². The summed E-state index contributed by atoms with van der Waals surface area (Å²) in [4.78, 5) is 12.5. The Morgan fingerprint density at radius 1 is 1.09 bits per heavy atom. The highest BCUT2D eigenvalue weighted by molar-refractivity contribution is 5.97. The fourth-order valence-corrected chi connectivity index (χ4v) is 2.70. The molecule has 0 aliphatic rings. The lowest BCUT2D eigenvalue weighted by Gasteiger charge is -2.06. The fraction of sp³-hybridized carbons (Fsp3) is 0.211. The lowest BCUT2D eigenvalue weighted by Crippen LogP contribution is -2.10. The maximum Gasteiger partial charge on any atom is 0.380 e. The van der Waals surface area contributed by atoms with Gasteiger partial charge < -0.3 is 13.9 Å². The number of carbonyl (C=O) groups is 1. The van der Waals surface area contributed by atoms with Crippen molar-refractivity contribution < 1.29 is 18.7 Å². The average molecular weight is 310 g/mol. The third-order valence-electron chi connectivity index (χ3n) is 3.58. The van der Waals surface area contributed by atoms with Gasteiger partial charge in [0.2, 0.25) is 5.76 Å². The van der Waals surface area contributed by atoms with E-state index in [4.69, 9.17) is 13.9 Å². The van der Waals surface area contributed by atoms with E-state index in [0.717, 1.165) is 16.5 Å². The molecule has 4 nitrogen and oxygen atoms in total. The number of methoxy groups -OCH3 is 1. The quantitative estimate of drug-likeness (QED) is 0.529. The molecule has 1 heterocycles. The molecule has 0 saturated heterocycles. The van der Waals surface area contributed by atoms with Gasteiger partial charge in [-0.1, -0.05) is 24.3 Å². The zero-order valence-electron chi connectivity index (χ0n) is 13.4. The van der Waals surface area contributed by atoms with Gasteiger partial charge in [0.05, 0.1) is 6.61 Å². The Kier molecular flexibility index (Phi) is 4.17. The highest BCUT2D eigenvalue weighted by Crippen LogP contribution is 2.28. The number of ether oxygens (including phenoxy) is 2. The predicted octanol–water partition coefficient (Wildman–Crippen LogP) is 4.42. The lowest BCUT2D eigenvalue weighted by molar-refractivity contribution is 0.0697. The minimum absolute atomic E-state index is 0.187. The number of benzene rings is 2. The Bertz CT molecular complexity index is 841. The van der Waals surface area contributed by atoms with Crippen molar-refractivity contribution in [3.05, 3.63) is 64.9 Å². The van der Waals surface area contributed by atoms with Crippen LogP contribution in [0.1, 0.15) is 27.2 Å². The van der Waals surface area contributed by atoms with Crippen molar-refractivity contribution in [2.75, 3.05) is 7.11 Å². The first kappa shape index (κ1) is 15.3. The van der Waals surface area contributed by atoms with Crippen molar-refractivity contribution in [1.29, 1.82) is 0 Å². The highest BCUT2D eigenvalue weighted by atomic mass is 16.5. The summed E-state index contributed by atoms with van der Waals surface area (Å²) in [7, 11) is 1.58. The number of para-hydroxylation sites is 1. The Balaban J connectivity index is 1.98. The van der Waals surface area contributed by atoms with Crippen LogP contribution in [0.25, 0.3) is 11.0 Å². The zero-order valence-corrected chi connectivity index (χ0v) is 13.4. The molecule has 0 unspecified atom stereocenters. The van der Waals surface area contributed by atoms with Crippen LogP contribution < -0.4 is 4.74 Å². The number of rotatable bonds is 4. The van der Waals surface area contributed by atoms with Crippen molar-refractivity contribution in [3.8, 4) is 5.75 Å². The van der Waals surface area contributed by atoms with Gasteiger partial charge in [-0.25, -0.2) is 4.79 Å². The highest BCUT2D eigenvalue weighted by Gasteiger charge is 2.22. The maximum absolute atomic E-state index is 12.5. The standard InChI is InChI=1S/C19H18O4/c1-12-8-13(2)10-14(9-12)22-19(20)18-16(11-21-3)15-6-4-5-7-17(15)23-18/h4-10H,11H2,1-3H3. The van der Waals surface area contributed by atoms with Gasteiger partial charge in [-0.15, -0.1) is 0 Å². The molecule has 0 bridgehead atoms. The molecule has 0 spiro atoms. The predicted molar refractivity (Wildman–Crippen MR) is 87.8 cm³/mol. The number of carbonyl (C=O) groups excluding carboxylic acids is 1. The molecular formula is C19H18O4. The summed E-state index contributed by atoms with van der Waals surface area (Å²) in [5.41, 5.74) is 3.42. The second-order valence-corrected chi connectivity index (χ2v) is 5.55. The van der Waals surface area contributed by atoms with Gasteiger partial charge in [-0.3, -0.25) is 0 Å². The SMILES string of the molecule is COCc1c(C(=O)Oc2cc(C)cc(C)c2)oc2ccccc12. The first-order valence-electron chi connectivity index (χ1n) is 7.38. The number of hydrogen-bond acceptors (Lipinski definition) is 4. The summed E-state index contributed by atoms with van der Waals surface area (Å²) in [6, 6.07) is 13.2. The molecule has 0 N–H and O–H groups in total. The van der Waals surface area contributed by atoms with Crippen LogP contribution in [0.5, 0.6) is 5.75 Å². The van der Waals surface area contributed by atoms with Crippen LogP contribution in [0, 0.1) is 13.8 Å². The van der Waals surface area contributed by atoms with Crippen LogP contribution >= 0.6 is 0 Å². The van der Waals surface area contributed by atoms with Crippen LogP contribution in [0.2, 0.25) is 0 Å². The van der Waals surface area contributed by atoms with E-state index in [0.29, 0.717) is 16.9 Å². The first-order chi connectivity index (χ1) is 11.1. The molecule has 4 heteroatoms. The molecule has 118 valence electrons. The first-order valence-corrected chi connectivity index (χ1v) is 7.38. The summed E-state index contributed by atoms with van der Waals surface area (Å²) in [5, 5.41) is 0.863. The smallest absolute Gasteiger partial charge is 0.380 e. The number of hydrogen-bond donors (Lipinski definition) is 0. The van der Waals surface area contributed by atoms with E-state index in [9.17, 15) is 4.79 Å². The monoisotopic (exact) mass is 310 g/mol. The van der Waals surface area contributed by atoms with Crippen molar-refractivity contribution in [1.82, 2.24) is 0 Å². The largest absolute Gasteiger partial charge is 0.449 e. The molecule has 0 saturated carbocycles. The molecule has 3 aromatic rings. The molecule has 0 fully saturated rings. The van der Waals surface area contributed by atoms with Crippen LogP contribution in [-0.4, -0.2) is 13.1 Å². The van der Waals surface area contributed by atoms with Crippen molar-refractivity contribution >= 4 is 16.9 Å². The van der Waals surface area contributed by atoms with E-state index in [-0.39, 0.29) is 12.4 Å². The van der Waals surface area contributed by atoms with Crippen LogP contribution in [-0.2, 0) is 11.3 Å². The van der Waals surface area contributed by atoms with Crippen molar-refractivity contribution in [3.63, 3.8) is 0 Å². The molecule has 23 heavy (non-hydrogen) atoms. The number of aryl methyl sites for hydroxylation is 2. The molecule has 0 radical (unpaired) electrons. The van der Waals surface area contributed by atoms with E-state index in [1.54, 1.807) is 7.11 Å². The second-order valence-electron chi connectivity index (χ2n) is 5.55. The fourth-order valence-electron chi connectivity index (χ4n) is 2.70. The van der Waals surface area contributed by atoms with Crippen LogP contribution in [0.15, 0.2) is 46.9 Å². The molecule has 0 amide bonds. The van der Waals surface area contributed by atoms with E-state index >= 15 is 0 Å². The van der Waals surface area contributed by atoms with Gasteiger partial charge in [-0.05, 0) is 43.2 Å². The molecular weight excluding hydrogens is 292 g/mol.